The van der Waals surface area contributed by atoms with Crippen molar-refractivity contribution < 1.29 is 0 Å². The van der Waals surface area contributed by atoms with Gasteiger partial charge < -0.3 is 10.2 Å². The van der Waals surface area contributed by atoms with Gasteiger partial charge in [-0.3, -0.25) is 0 Å². The van der Waals surface area contributed by atoms with Gasteiger partial charge >= 0.3 is 0 Å². The van der Waals surface area contributed by atoms with Crippen molar-refractivity contribution in [3.63, 3.8) is 0 Å². The van der Waals surface area contributed by atoms with Crippen LogP contribution in [0.5, 0.6) is 0 Å². The lowest BCUT2D eigenvalue weighted by Gasteiger charge is -2.38. The SMILES string of the molecule is CC1CCC(NCC2CC3CCC(C2)N3C)C(C)C1. The molecule has 2 heteroatoms. The zero-order chi connectivity index (χ0) is 13.4. The zero-order valence-electron chi connectivity index (χ0n) is 13.1. The van der Waals surface area contributed by atoms with Crippen LogP contribution in [0, 0.1) is 17.8 Å². The summed E-state index contributed by atoms with van der Waals surface area (Å²) in [4.78, 5) is 2.65. The molecule has 0 aromatic heterocycles. The van der Waals surface area contributed by atoms with Crippen LogP contribution in [0.4, 0.5) is 0 Å². The molecular weight excluding hydrogens is 232 g/mol. The summed E-state index contributed by atoms with van der Waals surface area (Å²) in [5, 5.41) is 3.93. The maximum absolute atomic E-state index is 3.93. The van der Waals surface area contributed by atoms with Crippen LogP contribution in [-0.4, -0.2) is 36.6 Å². The monoisotopic (exact) mass is 264 g/mol. The number of nitrogens with one attached hydrogen (secondary N) is 1. The second kappa shape index (κ2) is 5.73. The molecule has 1 aliphatic carbocycles. The highest BCUT2D eigenvalue weighted by Gasteiger charge is 2.38. The van der Waals surface area contributed by atoms with E-state index < -0.39 is 0 Å². The molecule has 0 spiro atoms. The number of rotatable bonds is 3. The van der Waals surface area contributed by atoms with Crippen molar-refractivity contribution in [2.75, 3.05) is 13.6 Å². The molecule has 110 valence electrons. The summed E-state index contributed by atoms with van der Waals surface area (Å²) in [5.41, 5.74) is 0. The summed E-state index contributed by atoms with van der Waals surface area (Å²) >= 11 is 0. The number of hydrogen-bond acceptors (Lipinski definition) is 2. The van der Waals surface area contributed by atoms with Crippen molar-refractivity contribution in [2.45, 2.75) is 76.9 Å². The molecule has 3 rings (SSSR count). The van der Waals surface area contributed by atoms with Crippen molar-refractivity contribution in [3.05, 3.63) is 0 Å². The van der Waals surface area contributed by atoms with Crippen LogP contribution < -0.4 is 5.32 Å². The first-order valence-electron chi connectivity index (χ1n) is 8.58. The van der Waals surface area contributed by atoms with Crippen molar-refractivity contribution in [1.29, 1.82) is 0 Å². The predicted octanol–water partition coefficient (Wildman–Crippen LogP) is 3.27. The quantitative estimate of drug-likeness (QED) is 0.841. The minimum atomic E-state index is 0.800. The van der Waals surface area contributed by atoms with Gasteiger partial charge in [-0.05, 0) is 76.3 Å². The van der Waals surface area contributed by atoms with E-state index in [1.54, 1.807) is 0 Å². The molecule has 2 bridgehead atoms. The van der Waals surface area contributed by atoms with E-state index in [9.17, 15) is 0 Å². The van der Waals surface area contributed by atoms with E-state index in [0.29, 0.717) is 0 Å². The fourth-order valence-electron chi connectivity index (χ4n) is 4.98. The van der Waals surface area contributed by atoms with Gasteiger partial charge in [0.25, 0.3) is 0 Å². The van der Waals surface area contributed by atoms with Crippen LogP contribution in [0.2, 0.25) is 0 Å². The Labute approximate surface area is 119 Å². The van der Waals surface area contributed by atoms with Crippen LogP contribution >= 0.6 is 0 Å². The molecule has 1 saturated carbocycles. The first-order chi connectivity index (χ1) is 9.13. The van der Waals surface area contributed by atoms with Crippen LogP contribution in [0.3, 0.4) is 0 Å². The van der Waals surface area contributed by atoms with Gasteiger partial charge in [-0.1, -0.05) is 13.8 Å². The van der Waals surface area contributed by atoms with Crippen LogP contribution in [0.1, 0.15) is 58.8 Å². The second-order valence-electron chi connectivity index (χ2n) is 7.80. The Balaban J connectivity index is 1.45. The normalized spacial score (nSPS) is 47.5. The Hall–Kier alpha value is -0.0800. The molecule has 0 aromatic carbocycles. The maximum atomic E-state index is 3.93. The Bertz CT molecular complexity index is 290. The molecule has 2 saturated heterocycles. The minimum Gasteiger partial charge on any atom is -0.313 e. The molecule has 0 amide bonds. The summed E-state index contributed by atoms with van der Waals surface area (Å²) in [6.07, 6.45) is 10.1. The molecular formula is C17H32N2. The third-order valence-corrected chi connectivity index (χ3v) is 6.30. The summed E-state index contributed by atoms with van der Waals surface area (Å²) in [6, 6.07) is 2.59. The Morgan fingerprint density at radius 3 is 2.26 bits per heavy atom. The molecule has 2 heterocycles. The van der Waals surface area contributed by atoms with Gasteiger partial charge in [0.05, 0.1) is 0 Å². The van der Waals surface area contributed by atoms with E-state index in [4.69, 9.17) is 0 Å². The van der Waals surface area contributed by atoms with Gasteiger partial charge in [-0.25, -0.2) is 0 Å². The minimum absolute atomic E-state index is 0.800. The average Bonchev–Trinajstić information content (AvgIpc) is 2.62. The first-order valence-corrected chi connectivity index (χ1v) is 8.58. The third-order valence-electron chi connectivity index (χ3n) is 6.30. The lowest BCUT2D eigenvalue weighted by atomic mass is 9.79. The van der Waals surface area contributed by atoms with E-state index in [1.807, 2.05) is 0 Å². The lowest BCUT2D eigenvalue weighted by molar-refractivity contribution is 0.125. The Morgan fingerprint density at radius 1 is 0.947 bits per heavy atom. The highest BCUT2D eigenvalue weighted by molar-refractivity contribution is 4.94. The highest BCUT2D eigenvalue weighted by Crippen LogP contribution is 2.37. The Morgan fingerprint density at radius 2 is 1.63 bits per heavy atom. The van der Waals surface area contributed by atoms with E-state index in [1.165, 1.54) is 51.5 Å². The molecule has 0 aromatic rings. The van der Waals surface area contributed by atoms with Gasteiger partial charge in [-0.15, -0.1) is 0 Å². The molecule has 3 fully saturated rings. The molecule has 5 unspecified atom stereocenters. The number of fused-ring (bicyclic) bond motifs is 2. The topological polar surface area (TPSA) is 15.3 Å². The first kappa shape index (κ1) is 13.9. The largest absolute Gasteiger partial charge is 0.313 e. The standard InChI is InChI=1S/C17H32N2/c1-12-4-7-17(13(2)8-12)18-11-14-9-15-5-6-16(10-14)19(15)3/h12-18H,4-11H2,1-3H3. The molecule has 2 aliphatic heterocycles. The fraction of sp³-hybridized carbons (Fsp3) is 1.00. The summed E-state index contributed by atoms with van der Waals surface area (Å²) in [6.45, 7) is 6.15. The molecule has 5 atom stereocenters. The smallest absolute Gasteiger partial charge is 0.00988 e. The van der Waals surface area contributed by atoms with Crippen molar-refractivity contribution in [1.82, 2.24) is 10.2 Å². The van der Waals surface area contributed by atoms with Crippen molar-refractivity contribution >= 4 is 0 Å². The van der Waals surface area contributed by atoms with Crippen molar-refractivity contribution in [2.24, 2.45) is 17.8 Å². The summed E-state index contributed by atoms with van der Waals surface area (Å²) < 4.78 is 0. The molecule has 19 heavy (non-hydrogen) atoms. The Kier molecular flexibility index (Phi) is 4.19. The maximum Gasteiger partial charge on any atom is 0.00988 e. The zero-order valence-corrected chi connectivity index (χ0v) is 13.1. The van der Waals surface area contributed by atoms with Gasteiger partial charge in [0.15, 0.2) is 0 Å². The van der Waals surface area contributed by atoms with Gasteiger partial charge in [-0.2, -0.15) is 0 Å². The molecule has 2 nitrogen and oxygen atoms in total. The number of piperidine rings is 1. The highest BCUT2D eigenvalue weighted by atomic mass is 15.2. The summed E-state index contributed by atoms with van der Waals surface area (Å²) in [7, 11) is 2.34. The van der Waals surface area contributed by atoms with Crippen LogP contribution in [0.25, 0.3) is 0 Å². The van der Waals surface area contributed by atoms with Crippen molar-refractivity contribution in [3.8, 4) is 0 Å². The third kappa shape index (κ3) is 3.00. The average molecular weight is 264 g/mol. The molecule has 0 radical (unpaired) electrons. The van der Waals surface area contributed by atoms with Gasteiger partial charge in [0.2, 0.25) is 0 Å². The van der Waals surface area contributed by atoms with Crippen LogP contribution in [-0.2, 0) is 0 Å². The predicted molar refractivity (Wildman–Crippen MR) is 81.3 cm³/mol. The number of hydrogen-bond donors (Lipinski definition) is 1. The van der Waals surface area contributed by atoms with E-state index in [0.717, 1.165) is 35.9 Å². The number of nitrogens with zero attached hydrogens (tertiary/aromatic N) is 1. The van der Waals surface area contributed by atoms with Crippen LogP contribution in [0.15, 0.2) is 0 Å². The molecule has 3 aliphatic rings. The van der Waals surface area contributed by atoms with Gasteiger partial charge in [0, 0.05) is 18.1 Å². The van der Waals surface area contributed by atoms with E-state index in [-0.39, 0.29) is 0 Å². The fourth-order valence-corrected chi connectivity index (χ4v) is 4.98. The van der Waals surface area contributed by atoms with Gasteiger partial charge in [0.1, 0.15) is 0 Å². The second-order valence-corrected chi connectivity index (χ2v) is 7.80. The molecule has 1 N–H and O–H groups in total. The lowest BCUT2D eigenvalue weighted by Crippen LogP contribution is -2.46. The van der Waals surface area contributed by atoms with E-state index >= 15 is 0 Å². The summed E-state index contributed by atoms with van der Waals surface area (Å²) in [5.74, 6) is 2.78. The van der Waals surface area contributed by atoms with E-state index in [2.05, 4.69) is 31.1 Å².